The summed E-state index contributed by atoms with van der Waals surface area (Å²) in [6.07, 6.45) is 21.0. The van der Waals surface area contributed by atoms with Gasteiger partial charge in [-0.15, -0.1) is 0 Å². The second-order valence-electron chi connectivity index (χ2n) is 11.6. The van der Waals surface area contributed by atoms with Gasteiger partial charge in [-0.1, -0.05) is 129 Å². The van der Waals surface area contributed by atoms with Crippen LogP contribution in [0.4, 0.5) is 0 Å². The maximum atomic E-state index is 12.5. The monoisotopic (exact) mass is 638 g/mol. The molecule has 11 heteroatoms. The Hall–Kier alpha value is -1.03. The number of esters is 2. The molecule has 0 aliphatic carbocycles. The third kappa shape index (κ3) is 29.4. The Morgan fingerprint density at radius 3 is 1.44 bits per heavy atom. The standard InChI is InChI=1S/C32H63O10P/c1-3-5-7-9-11-12-13-14-15-16-18-20-22-24-32(36)42-30(28-41-43(37,38)40-26-29(34)25-33)27-39-31(35)23-21-19-17-10-8-6-4-2/h29-30,33-34H,3-28H2,1-2H3,(H,37,38)/t29-,30+/m0/s1. The van der Waals surface area contributed by atoms with Crippen LogP contribution in [0.3, 0.4) is 0 Å². The van der Waals surface area contributed by atoms with E-state index in [2.05, 4.69) is 18.4 Å². The Kier molecular flexibility index (Phi) is 29.0. The number of phosphoric acid groups is 1. The van der Waals surface area contributed by atoms with Crippen LogP contribution >= 0.6 is 7.82 Å². The predicted octanol–water partition coefficient (Wildman–Crippen LogP) is 7.55. The van der Waals surface area contributed by atoms with Crippen LogP contribution in [0, 0.1) is 0 Å². The number of phosphoric ester groups is 1. The normalized spacial score (nSPS) is 14.3. The van der Waals surface area contributed by atoms with Gasteiger partial charge in [-0.2, -0.15) is 0 Å². The van der Waals surface area contributed by atoms with Gasteiger partial charge in [0.1, 0.15) is 12.7 Å². The molecule has 43 heavy (non-hydrogen) atoms. The lowest BCUT2D eigenvalue weighted by Crippen LogP contribution is -2.29. The summed E-state index contributed by atoms with van der Waals surface area (Å²) in [5, 5.41) is 18.2. The second-order valence-corrected chi connectivity index (χ2v) is 13.0. The lowest BCUT2D eigenvalue weighted by Gasteiger charge is -2.20. The molecule has 0 aliphatic rings. The molecule has 0 aromatic rings. The van der Waals surface area contributed by atoms with E-state index >= 15 is 0 Å². The predicted molar refractivity (Wildman–Crippen MR) is 169 cm³/mol. The maximum Gasteiger partial charge on any atom is 0.472 e. The molecule has 0 radical (unpaired) electrons. The average Bonchev–Trinajstić information content (AvgIpc) is 2.99. The molecule has 10 nitrogen and oxygen atoms in total. The molecule has 0 saturated carbocycles. The Balaban J connectivity index is 4.38. The lowest BCUT2D eigenvalue weighted by atomic mass is 10.0. The van der Waals surface area contributed by atoms with E-state index in [1.807, 2.05) is 0 Å². The van der Waals surface area contributed by atoms with E-state index in [0.717, 1.165) is 38.5 Å². The minimum Gasteiger partial charge on any atom is -0.462 e. The SMILES string of the molecule is CCCCCCCCCCCCCCCC(=O)O[C@H](COC(=O)CCCCCCCCC)COP(=O)(O)OC[C@@H](O)CO. The van der Waals surface area contributed by atoms with Gasteiger partial charge >= 0.3 is 19.8 Å². The number of carbonyl (C=O) groups excluding carboxylic acids is 2. The van der Waals surface area contributed by atoms with Crippen LogP contribution in [0.2, 0.25) is 0 Å². The number of hydrogen-bond donors (Lipinski definition) is 3. The summed E-state index contributed by atoms with van der Waals surface area (Å²) in [6, 6.07) is 0. The van der Waals surface area contributed by atoms with Crippen LogP contribution in [-0.4, -0.2) is 65.7 Å². The van der Waals surface area contributed by atoms with Crippen LogP contribution in [0.15, 0.2) is 0 Å². The summed E-state index contributed by atoms with van der Waals surface area (Å²) in [7, 11) is -4.59. The topological polar surface area (TPSA) is 149 Å². The number of carbonyl (C=O) groups is 2. The second kappa shape index (κ2) is 29.7. The zero-order chi connectivity index (χ0) is 32.0. The van der Waals surface area contributed by atoms with Crippen molar-refractivity contribution >= 4 is 19.8 Å². The Morgan fingerprint density at radius 1 is 0.605 bits per heavy atom. The lowest BCUT2D eigenvalue weighted by molar-refractivity contribution is -0.161. The van der Waals surface area contributed by atoms with E-state index in [1.165, 1.54) is 77.0 Å². The molecule has 0 aromatic carbocycles. The fourth-order valence-corrected chi connectivity index (χ4v) is 5.37. The number of aliphatic hydroxyl groups excluding tert-OH is 2. The molecule has 0 heterocycles. The summed E-state index contributed by atoms with van der Waals surface area (Å²) < 4.78 is 32.4. The van der Waals surface area contributed by atoms with Crippen molar-refractivity contribution in [3.05, 3.63) is 0 Å². The quantitative estimate of drug-likeness (QED) is 0.0383. The first-order valence-corrected chi connectivity index (χ1v) is 18.5. The van der Waals surface area contributed by atoms with E-state index in [0.29, 0.717) is 12.8 Å². The third-order valence-electron chi connectivity index (χ3n) is 7.26. The van der Waals surface area contributed by atoms with Crippen molar-refractivity contribution < 1.29 is 47.8 Å². The zero-order valence-corrected chi connectivity index (χ0v) is 28.1. The highest BCUT2D eigenvalue weighted by atomic mass is 31.2. The highest BCUT2D eigenvalue weighted by Crippen LogP contribution is 2.43. The van der Waals surface area contributed by atoms with Gasteiger partial charge in [0.05, 0.1) is 19.8 Å². The van der Waals surface area contributed by atoms with Crippen LogP contribution < -0.4 is 0 Å². The van der Waals surface area contributed by atoms with Gasteiger partial charge in [-0.25, -0.2) is 4.57 Å². The van der Waals surface area contributed by atoms with Gasteiger partial charge in [0, 0.05) is 12.8 Å². The molecule has 0 spiro atoms. The molecule has 0 fully saturated rings. The molecule has 0 aromatic heterocycles. The molecule has 256 valence electrons. The number of ether oxygens (including phenoxy) is 2. The van der Waals surface area contributed by atoms with Crippen molar-refractivity contribution in [1.82, 2.24) is 0 Å². The molecule has 0 aliphatic heterocycles. The first-order valence-electron chi connectivity index (χ1n) is 17.0. The first kappa shape index (κ1) is 42.0. The van der Waals surface area contributed by atoms with Gasteiger partial charge in [0.2, 0.25) is 0 Å². The van der Waals surface area contributed by atoms with E-state index in [9.17, 15) is 24.2 Å². The minimum atomic E-state index is -4.59. The van der Waals surface area contributed by atoms with Crippen molar-refractivity contribution in [2.45, 2.75) is 167 Å². The highest BCUT2D eigenvalue weighted by molar-refractivity contribution is 7.47. The fourth-order valence-electron chi connectivity index (χ4n) is 4.58. The summed E-state index contributed by atoms with van der Waals surface area (Å²) in [6.45, 7) is 2.31. The Labute approximate surface area is 261 Å². The zero-order valence-electron chi connectivity index (χ0n) is 27.2. The van der Waals surface area contributed by atoms with Crippen LogP contribution in [0.1, 0.15) is 155 Å². The number of unbranched alkanes of at least 4 members (excludes halogenated alkanes) is 18. The van der Waals surface area contributed by atoms with Gasteiger partial charge in [-0.3, -0.25) is 18.6 Å². The minimum absolute atomic E-state index is 0.191. The van der Waals surface area contributed by atoms with E-state index in [1.54, 1.807) is 0 Å². The Bertz CT molecular complexity index is 706. The molecule has 3 atom stereocenters. The van der Waals surface area contributed by atoms with Crippen molar-refractivity contribution in [2.24, 2.45) is 0 Å². The highest BCUT2D eigenvalue weighted by Gasteiger charge is 2.27. The van der Waals surface area contributed by atoms with Crippen molar-refractivity contribution in [3.8, 4) is 0 Å². The summed E-state index contributed by atoms with van der Waals surface area (Å²) in [5.74, 6) is -0.926. The van der Waals surface area contributed by atoms with Crippen molar-refractivity contribution in [2.75, 3.05) is 26.4 Å². The maximum absolute atomic E-state index is 12.5. The summed E-state index contributed by atoms with van der Waals surface area (Å²) in [4.78, 5) is 34.5. The van der Waals surface area contributed by atoms with E-state index in [-0.39, 0.29) is 19.4 Å². The van der Waals surface area contributed by atoms with Crippen molar-refractivity contribution in [3.63, 3.8) is 0 Å². The molecule has 0 bridgehead atoms. The largest absolute Gasteiger partial charge is 0.472 e. The molecular weight excluding hydrogens is 575 g/mol. The van der Waals surface area contributed by atoms with E-state index in [4.69, 9.17) is 19.1 Å². The molecule has 3 N–H and O–H groups in total. The molecule has 1 unspecified atom stereocenters. The molecular formula is C32H63O10P. The molecule has 0 saturated heterocycles. The van der Waals surface area contributed by atoms with Gasteiger partial charge in [0.15, 0.2) is 6.10 Å². The van der Waals surface area contributed by atoms with Gasteiger partial charge in [0.25, 0.3) is 0 Å². The molecule has 0 amide bonds. The fraction of sp³-hybridized carbons (Fsp3) is 0.938. The number of hydrogen-bond acceptors (Lipinski definition) is 9. The Morgan fingerprint density at radius 2 is 1.00 bits per heavy atom. The van der Waals surface area contributed by atoms with E-state index < -0.39 is 51.8 Å². The average molecular weight is 639 g/mol. The first-order chi connectivity index (χ1) is 20.7. The van der Waals surface area contributed by atoms with Crippen LogP contribution in [0.25, 0.3) is 0 Å². The summed E-state index contributed by atoms with van der Waals surface area (Å²) >= 11 is 0. The van der Waals surface area contributed by atoms with Gasteiger partial charge < -0.3 is 24.6 Å². The van der Waals surface area contributed by atoms with Crippen LogP contribution in [0.5, 0.6) is 0 Å². The number of aliphatic hydroxyl groups is 2. The van der Waals surface area contributed by atoms with Crippen LogP contribution in [-0.2, 0) is 32.7 Å². The third-order valence-corrected chi connectivity index (χ3v) is 8.21. The van der Waals surface area contributed by atoms with Gasteiger partial charge in [-0.05, 0) is 12.8 Å². The molecule has 0 rings (SSSR count). The van der Waals surface area contributed by atoms with Crippen molar-refractivity contribution in [1.29, 1.82) is 0 Å². The smallest absolute Gasteiger partial charge is 0.462 e. The summed E-state index contributed by atoms with van der Waals surface area (Å²) in [5.41, 5.74) is 0. The number of rotatable bonds is 32.